The molecular formula is C32H31BrN3+. The zero-order chi connectivity index (χ0) is 25.7. The minimum absolute atomic E-state index is 0.520. The first-order valence-corrected chi connectivity index (χ1v) is 12.9. The van der Waals surface area contributed by atoms with E-state index < -0.39 is 0 Å². The number of aryl methyl sites for hydroxylation is 2. The highest BCUT2D eigenvalue weighted by Gasteiger charge is 2.17. The Labute approximate surface area is 223 Å². The van der Waals surface area contributed by atoms with Crippen LogP contribution >= 0.6 is 15.9 Å². The summed E-state index contributed by atoms with van der Waals surface area (Å²) in [4.78, 5) is 2.11. The molecule has 0 N–H and O–H groups in total. The van der Waals surface area contributed by atoms with Gasteiger partial charge in [0.2, 0.25) is 11.4 Å². The second-order valence-electron chi connectivity index (χ2n) is 9.17. The van der Waals surface area contributed by atoms with Crippen molar-refractivity contribution in [2.24, 2.45) is 7.05 Å². The van der Waals surface area contributed by atoms with Crippen molar-refractivity contribution in [2.45, 2.75) is 20.3 Å². The van der Waals surface area contributed by atoms with Crippen molar-refractivity contribution in [3.8, 4) is 28.5 Å². The highest BCUT2D eigenvalue weighted by Crippen LogP contribution is 2.28. The number of anilines is 1. The number of rotatable bonds is 7. The summed E-state index contributed by atoms with van der Waals surface area (Å²) in [5, 5.41) is 8.84. The minimum atomic E-state index is 0.520. The molecule has 0 atom stereocenters. The van der Waals surface area contributed by atoms with E-state index in [4.69, 9.17) is 5.26 Å². The Kier molecular flexibility index (Phi) is 8.03. The molecule has 0 radical (unpaired) electrons. The molecular weight excluding hydrogens is 506 g/mol. The highest BCUT2D eigenvalue weighted by molar-refractivity contribution is 9.10. The predicted molar refractivity (Wildman–Crippen MR) is 155 cm³/mol. The Morgan fingerprint density at radius 2 is 1.53 bits per heavy atom. The normalized spacial score (nSPS) is 11.0. The molecule has 3 nitrogen and oxygen atoms in total. The lowest BCUT2D eigenvalue weighted by Crippen LogP contribution is -2.34. The van der Waals surface area contributed by atoms with Crippen molar-refractivity contribution in [3.63, 3.8) is 0 Å². The van der Waals surface area contributed by atoms with Crippen molar-refractivity contribution < 1.29 is 4.57 Å². The molecule has 0 saturated heterocycles. The number of nitrogens with zero attached hydrogens (tertiary/aromatic N) is 3. The molecule has 0 aliphatic carbocycles. The smallest absolute Gasteiger partial charge is 0.213 e. The molecule has 3 aromatic carbocycles. The van der Waals surface area contributed by atoms with E-state index in [2.05, 4.69) is 143 Å². The minimum Gasteiger partial charge on any atom is -0.374 e. The average molecular weight is 538 g/mol. The fourth-order valence-corrected chi connectivity index (χ4v) is 4.46. The molecule has 36 heavy (non-hydrogen) atoms. The molecule has 4 rings (SSSR count). The summed E-state index contributed by atoms with van der Waals surface area (Å²) in [7, 11) is 4.15. The summed E-state index contributed by atoms with van der Waals surface area (Å²) in [6.45, 7) is 5.04. The van der Waals surface area contributed by atoms with E-state index in [0.717, 1.165) is 28.0 Å². The summed E-state index contributed by atoms with van der Waals surface area (Å²) in [6, 6.07) is 30.3. The average Bonchev–Trinajstić information content (AvgIpc) is 2.89. The molecule has 0 amide bonds. The summed E-state index contributed by atoms with van der Waals surface area (Å²) in [5.41, 5.74) is 10.7. The van der Waals surface area contributed by atoms with Gasteiger partial charge >= 0.3 is 0 Å². The van der Waals surface area contributed by atoms with Gasteiger partial charge < -0.3 is 4.90 Å². The third-order valence-electron chi connectivity index (χ3n) is 6.66. The second kappa shape index (κ2) is 11.4. The predicted octanol–water partition coefficient (Wildman–Crippen LogP) is 7.74. The van der Waals surface area contributed by atoms with Crippen LogP contribution in [-0.4, -0.2) is 13.6 Å². The molecule has 4 heteroatoms. The second-order valence-corrected chi connectivity index (χ2v) is 10.1. The summed E-state index contributed by atoms with van der Waals surface area (Å²) >= 11 is 3.55. The Morgan fingerprint density at radius 1 is 0.833 bits per heavy atom. The molecule has 0 saturated carbocycles. The molecule has 1 aromatic heterocycles. The number of hydrogen-bond donors (Lipinski definition) is 0. The molecule has 0 aliphatic rings. The first-order valence-electron chi connectivity index (χ1n) is 12.1. The lowest BCUT2D eigenvalue weighted by atomic mass is 9.99. The largest absolute Gasteiger partial charge is 0.374 e. The van der Waals surface area contributed by atoms with Crippen molar-refractivity contribution in [2.75, 3.05) is 18.5 Å². The van der Waals surface area contributed by atoms with Crippen LogP contribution in [0.15, 0.2) is 83.3 Å². The van der Waals surface area contributed by atoms with E-state index in [1.165, 1.54) is 33.5 Å². The van der Waals surface area contributed by atoms with Gasteiger partial charge in [0.15, 0.2) is 0 Å². The van der Waals surface area contributed by atoms with Crippen molar-refractivity contribution in [3.05, 3.63) is 106 Å². The van der Waals surface area contributed by atoms with E-state index in [9.17, 15) is 0 Å². The number of halogens is 1. The zero-order valence-corrected chi connectivity index (χ0v) is 22.9. The zero-order valence-electron chi connectivity index (χ0n) is 21.3. The Hall–Kier alpha value is -3.68. The van der Waals surface area contributed by atoms with E-state index in [1.807, 2.05) is 7.05 Å². The van der Waals surface area contributed by atoms with Crippen molar-refractivity contribution in [1.29, 1.82) is 5.26 Å². The van der Waals surface area contributed by atoms with Gasteiger partial charge in [0.1, 0.15) is 7.05 Å². The lowest BCUT2D eigenvalue weighted by Gasteiger charge is -2.17. The molecule has 4 aromatic rings. The Balaban J connectivity index is 1.73. The number of hydrogen-bond acceptors (Lipinski definition) is 2. The van der Waals surface area contributed by atoms with Gasteiger partial charge in [-0.05, 0) is 84.1 Å². The maximum absolute atomic E-state index is 8.84. The maximum atomic E-state index is 8.84. The van der Waals surface area contributed by atoms with Crippen LogP contribution in [0.2, 0.25) is 0 Å². The van der Waals surface area contributed by atoms with Gasteiger partial charge in [-0.15, -0.1) is 0 Å². The fraction of sp³-hybridized carbons (Fsp3) is 0.188. The molecule has 1 heterocycles. The lowest BCUT2D eigenvalue weighted by molar-refractivity contribution is -0.662. The molecule has 180 valence electrons. The fourth-order valence-electron chi connectivity index (χ4n) is 4.20. The van der Waals surface area contributed by atoms with Gasteiger partial charge in [-0.25, -0.2) is 0 Å². The van der Waals surface area contributed by atoms with Crippen LogP contribution in [-0.2, 0) is 7.05 Å². The van der Waals surface area contributed by atoms with Gasteiger partial charge in [0.05, 0.1) is 12.5 Å². The van der Waals surface area contributed by atoms with E-state index in [0.29, 0.717) is 6.42 Å². The van der Waals surface area contributed by atoms with Crippen LogP contribution in [0.3, 0.4) is 0 Å². The van der Waals surface area contributed by atoms with Gasteiger partial charge in [0.25, 0.3) is 0 Å². The summed E-state index contributed by atoms with van der Waals surface area (Å²) in [6.07, 6.45) is 4.86. The Morgan fingerprint density at radius 3 is 2.19 bits per heavy atom. The summed E-state index contributed by atoms with van der Waals surface area (Å²) in [5.74, 6) is 0. The first kappa shape index (κ1) is 25.4. The highest BCUT2D eigenvalue weighted by atomic mass is 79.9. The van der Waals surface area contributed by atoms with Crippen LogP contribution in [0.4, 0.5) is 5.69 Å². The van der Waals surface area contributed by atoms with E-state index in [-0.39, 0.29) is 0 Å². The van der Waals surface area contributed by atoms with E-state index >= 15 is 0 Å². The molecule has 0 aliphatic heterocycles. The Bertz CT molecular complexity index is 1430. The molecule has 0 fully saturated rings. The quantitative estimate of drug-likeness (QED) is 0.226. The monoisotopic (exact) mass is 536 g/mol. The van der Waals surface area contributed by atoms with Crippen LogP contribution < -0.4 is 9.47 Å². The van der Waals surface area contributed by atoms with Gasteiger partial charge in [-0.2, -0.15) is 9.83 Å². The SMILES string of the molecule is Cc1ccc(-c2cc(-c3ccc(Br)cc3)cc(C=Cc3ccc(N(C)CCC#N)cc3)[n+]2C)cc1C. The van der Waals surface area contributed by atoms with E-state index in [1.54, 1.807) is 0 Å². The van der Waals surface area contributed by atoms with Crippen molar-refractivity contribution in [1.82, 2.24) is 0 Å². The third kappa shape index (κ3) is 5.93. The van der Waals surface area contributed by atoms with Crippen LogP contribution in [0.5, 0.6) is 0 Å². The van der Waals surface area contributed by atoms with Crippen LogP contribution in [0.25, 0.3) is 34.5 Å². The number of nitriles is 1. The third-order valence-corrected chi connectivity index (χ3v) is 7.19. The molecule has 0 unspecified atom stereocenters. The van der Waals surface area contributed by atoms with Gasteiger partial charge in [-0.1, -0.05) is 46.3 Å². The van der Waals surface area contributed by atoms with Gasteiger partial charge in [-0.3, -0.25) is 0 Å². The van der Waals surface area contributed by atoms with Crippen molar-refractivity contribution >= 4 is 33.8 Å². The maximum Gasteiger partial charge on any atom is 0.213 e. The number of aromatic nitrogens is 1. The first-order chi connectivity index (χ1) is 17.4. The van der Waals surface area contributed by atoms with Gasteiger partial charge in [0, 0.05) is 47.5 Å². The molecule has 0 bridgehead atoms. The number of pyridine rings is 1. The van der Waals surface area contributed by atoms with Crippen LogP contribution in [0.1, 0.15) is 28.8 Å². The summed E-state index contributed by atoms with van der Waals surface area (Å²) < 4.78 is 3.33. The molecule has 0 spiro atoms. The topological polar surface area (TPSA) is 30.9 Å². The van der Waals surface area contributed by atoms with Crippen LogP contribution in [0, 0.1) is 25.2 Å². The number of benzene rings is 3. The standard InChI is InChI=1S/C32H31BrN3/c1-23-6-10-27(20-24(23)2)32-22-28(26-11-13-29(33)14-12-26)21-31(36(32)4)17-9-25-7-15-30(16-8-25)35(3)19-5-18-34/h6-17,20-22H,5,19H2,1-4H3/q+1.